The zero-order valence-electron chi connectivity index (χ0n) is 10.9. The molecule has 2 heterocycles. The van der Waals surface area contributed by atoms with Crippen LogP contribution in [0.5, 0.6) is 0 Å². The van der Waals surface area contributed by atoms with Crippen molar-refractivity contribution in [3.05, 3.63) is 44.7 Å². The van der Waals surface area contributed by atoms with E-state index in [1.54, 1.807) is 12.4 Å². The summed E-state index contributed by atoms with van der Waals surface area (Å²) in [6.45, 7) is 3.39. The second-order valence-electron chi connectivity index (χ2n) is 4.23. The second-order valence-corrected chi connectivity index (χ2v) is 5.09. The van der Waals surface area contributed by atoms with Crippen molar-refractivity contribution >= 4 is 27.6 Å². The Morgan fingerprint density at radius 1 is 1.55 bits per heavy atom. The molecule has 0 fully saturated rings. The molecule has 106 valence electrons. The van der Waals surface area contributed by atoms with Crippen LogP contribution in [0.25, 0.3) is 0 Å². The van der Waals surface area contributed by atoms with E-state index >= 15 is 0 Å². The van der Waals surface area contributed by atoms with Crippen LogP contribution in [0.4, 0.5) is 11.6 Å². The number of nitrogens with zero attached hydrogens (tertiary/aromatic N) is 4. The van der Waals surface area contributed by atoms with Gasteiger partial charge in [-0.25, -0.2) is 4.98 Å². The maximum Gasteiger partial charge on any atom is 0.404 e. The van der Waals surface area contributed by atoms with E-state index in [-0.39, 0.29) is 5.82 Å². The van der Waals surface area contributed by atoms with E-state index in [2.05, 4.69) is 38.3 Å². The second kappa shape index (κ2) is 6.47. The number of anilines is 1. The minimum absolute atomic E-state index is 0.177. The summed E-state index contributed by atoms with van der Waals surface area (Å²) in [4.78, 5) is 14.4. The molecule has 0 unspecified atom stereocenters. The third kappa shape index (κ3) is 3.53. The lowest BCUT2D eigenvalue weighted by atomic mass is 10.2. The summed E-state index contributed by atoms with van der Waals surface area (Å²) in [5.74, 6) is 0.619. The summed E-state index contributed by atoms with van der Waals surface area (Å²) in [6.07, 6.45) is 4.32. The molecular formula is C12H14BrN5O2. The first-order valence-electron chi connectivity index (χ1n) is 6.16. The van der Waals surface area contributed by atoms with Gasteiger partial charge >= 0.3 is 5.82 Å². The Bertz CT molecular complexity index is 614. The van der Waals surface area contributed by atoms with Crippen LogP contribution in [0.15, 0.2) is 29.0 Å². The van der Waals surface area contributed by atoms with Crippen LogP contribution in [-0.2, 0) is 6.54 Å². The topological polar surface area (TPSA) is 85.9 Å². The monoisotopic (exact) mass is 339 g/mol. The Hall–Kier alpha value is -1.96. The van der Waals surface area contributed by atoms with Crippen molar-refractivity contribution in [2.75, 3.05) is 11.9 Å². The summed E-state index contributed by atoms with van der Waals surface area (Å²) in [6, 6.07) is 3.77. The number of pyridine rings is 1. The number of hydrogen-bond acceptors (Lipinski definition) is 5. The van der Waals surface area contributed by atoms with Gasteiger partial charge in [-0.2, -0.15) is 4.68 Å². The fourth-order valence-corrected chi connectivity index (χ4v) is 2.16. The van der Waals surface area contributed by atoms with Gasteiger partial charge in [-0.3, -0.25) is 0 Å². The summed E-state index contributed by atoms with van der Waals surface area (Å²) >= 11 is 3.13. The molecule has 0 aliphatic carbocycles. The standard InChI is InChI=1S/C12H14BrN5O2/c1-2-4-14-11-6-9(3-5-15-11)7-17-8-10(13)12(16-17)18(19)20/h3,5-6,8H,2,4,7H2,1H3,(H,14,15). The Labute approximate surface area is 124 Å². The molecule has 2 aromatic rings. The predicted octanol–water partition coefficient (Wildman–Crippen LogP) is 2.82. The fraction of sp³-hybridized carbons (Fsp3) is 0.333. The first-order valence-corrected chi connectivity index (χ1v) is 6.95. The number of nitrogens with one attached hydrogen (secondary N) is 1. The van der Waals surface area contributed by atoms with Crippen LogP contribution < -0.4 is 5.32 Å². The van der Waals surface area contributed by atoms with Crippen LogP contribution in [0.2, 0.25) is 0 Å². The van der Waals surface area contributed by atoms with Crippen LogP contribution in [0.1, 0.15) is 18.9 Å². The van der Waals surface area contributed by atoms with Crippen molar-refractivity contribution in [1.29, 1.82) is 0 Å². The van der Waals surface area contributed by atoms with Crippen molar-refractivity contribution in [1.82, 2.24) is 14.8 Å². The quantitative estimate of drug-likeness (QED) is 0.645. The van der Waals surface area contributed by atoms with Gasteiger partial charge in [0.25, 0.3) is 0 Å². The first-order chi connectivity index (χ1) is 9.60. The molecule has 1 N–H and O–H groups in total. The highest BCUT2D eigenvalue weighted by atomic mass is 79.9. The molecule has 0 atom stereocenters. The molecule has 2 rings (SSSR count). The summed E-state index contributed by atoms with van der Waals surface area (Å²) < 4.78 is 1.90. The third-order valence-corrected chi connectivity index (χ3v) is 3.16. The molecule has 8 heteroatoms. The van der Waals surface area contributed by atoms with E-state index in [1.807, 2.05) is 12.1 Å². The van der Waals surface area contributed by atoms with Crippen LogP contribution in [0, 0.1) is 10.1 Å². The zero-order chi connectivity index (χ0) is 14.5. The minimum atomic E-state index is -0.513. The maximum absolute atomic E-state index is 10.7. The summed E-state index contributed by atoms with van der Waals surface area (Å²) in [5.41, 5.74) is 0.975. The first kappa shape index (κ1) is 14.4. The van der Waals surface area contributed by atoms with E-state index in [9.17, 15) is 10.1 Å². The van der Waals surface area contributed by atoms with Crippen LogP contribution >= 0.6 is 15.9 Å². The smallest absolute Gasteiger partial charge is 0.370 e. The highest BCUT2D eigenvalue weighted by Crippen LogP contribution is 2.22. The lowest BCUT2D eigenvalue weighted by Gasteiger charge is -2.05. The summed E-state index contributed by atoms with van der Waals surface area (Å²) in [5, 5.41) is 17.9. The van der Waals surface area contributed by atoms with Crippen molar-refractivity contribution in [2.24, 2.45) is 0 Å². The Balaban J connectivity index is 2.13. The number of halogens is 1. The number of nitro groups is 1. The van der Waals surface area contributed by atoms with Gasteiger partial charge < -0.3 is 15.4 Å². The molecule has 20 heavy (non-hydrogen) atoms. The molecule has 0 saturated heterocycles. The third-order valence-electron chi connectivity index (χ3n) is 2.60. The molecule has 0 bridgehead atoms. The molecule has 0 aliphatic heterocycles. The molecule has 0 amide bonds. The molecule has 0 radical (unpaired) electrons. The highest BCUT2D eigenvalue weighted by Gasteiger charge is 2.18. The average molecular weight is 340 g/mol. The molecular weight excluding hydrogens is 326 g/mol. The van der Waals surface area contributed by atoms with Gasteiger partial charge in [0.2, 0.25) is 0 Å². The van der Waals surface area contributed by atoms with Crippen molar-refractivity contribution in [3.8, 4) is 0 Å². The lowest BCUT2D eigenvalue weighted by molar-refractivity contribution is -0.390. The van der Waals surface area contributed by atoms with Gasteiger partial charge in [0.1, 0.15) is 10.3 Å². The molecule has 0 spiro atoms. The van der Waals surface area contributed by atoms with Gasteiger partial charge in [-0.05, 0) is 45.0 Å². The maximum atomic E-state index is 10.7. The molecule has 0 aliphatic rings. The predicted molar refractivity (Wildman–Crippen MR) is 78.7 cm³/mol. The number of rotatable bonds is 6. The SMILES string of the molecule is CCCNc1cc(Cn2cc(Br)c([N+](=O)[O-])n2)ccn1. The van der Waals surface area contributed by atoms with Crippen LogP contribution in [0.3, 0.4) is 0 Å². The molecule has 7 nitrogen and oxygen atoms in total. The minimum Gasteiger partial charge on any atom is -0.370 e. The van der Waals surface area contributed by atoms with E-state index in [0.29, 0.717) is 11.0 Å². The van der Waals surface area contributed by atoms with E-state index in [0.717, 1.165) is 24.3 Å². The van der Waals surface area contributed by atoms with Crippen molar-refractivity contribution in [3.63, 3.8) is 0 Å². The number of hydrogen-bond donors (Lipinski definition) is 1. The molecule has 2 aromatic heterocycles. The molecule has 0 saturated carbocycles. The Morgan fingerprint density at radius 2 is 2.35 bits per heavy atom. The van der Waals surface area contributed by atoms with Crippen molar-refractivity contribution < 1.29 is 4.92 Å². The largest absolute Gasteiger partial charge is 0.404 e. The fourth-order valence-electron chi connectivity index (χ4n) is 1.70. The van der Waals surface area contributed by atoms with Gasteiger partial charge in [0, 0.05) is 12.7 Å². The Kier molecular flexibility index (Phi) is 4.67. The normalized spacial score (nSPS) is 10.5. The highest BCUT2D eigenvalue weighted by molar-refractivity contribution is 9.10. The summed E-state index contributed by atoms with van der Waals surface area (Å²) in [7, 11) is 0. The van der Waals surface area contributed by atoms with Crippen LogP contribution in [-0.4, -0.2) is 26.2 Å². The van der Waals surface area contributed by atoms with E-state index in [4.69, 9.17) is 0 Å². The van der Waals surface area contributed by atoms with Gasteiger partial charge in [-0.15, -0.1) is 0 Å². The van der Waals surface area contributed by atoms with Gasteiger partial charge in [0.05, 0.1) is 17.8 Å². The Morgan fingerprint density at radius 3 is 3.00 bits per heavy atom. The molecule has 0 aromatic carbocycles. The van der Waals surface area contributed by atoms with Gasteiger partial charge in [0.15, 0.2) is 0 Å². The number of aromatic nitrogens is 3. The van der Waals surface area contributed by atoms with Crippen molar-refractivity contribution in [2.45, 2.75) is 19.9 Å². The average Bonchev–Trinajstić information content (AvgIpc) is 2.78. The lowest BCUT2D eigenvalue weighted by Crippen LogP contribution is -2.05. The zero-order valence-corrected chi connectivity index (χ0v) is 12.5. The van der Waals surface area contributed by atoms with E-state index < -0.39 is 4.92 Å². The van der Waals surface area contributed by atoms with Gasteiger partial charge in [-0.1, -0.05) is 6.92 Å². The van der Waals surface area contributed by atoms with E-state index in [1.165, 1.54) is 4.68 Å².